The monoisotopic (exact) mass is 449 g/mol. The van der Waals surface area contributed by atoms with Gasteiger partial charge in [0.1, 0.15) is 0 Å². The van der Waals surface area contributed by atoms with Crippen LogP contribution in [0.25, 0.3) is 0 Å². The van der Waals surface area contributed by atoms with Crippen LogP contribution in [-0.2, 0) is 9.53 Å². The topological polar surface area (TPSA) is 105 Å². The number of carbonyl (C=O) groups excluding carboxylic acids is 4. The number of halogens is 3. The Labute approximate surface area is 180 Å². The van der Waals surface area contributed by atoms with E-state index in [4.69, 9.17) is 4.74 Å². The number of rotatable bonds is 7. The number of hydrogen-bond acceptors (Lipinski definition) is 5. The molecule has 11 heteroatoms. The average Bonchev–Trinajstić information content (AvgIpc) is 2.99. The first-order valence-electron chi connectivity index (χ1n) is 9.41. The molecule has 8 nitrogen and oxygen atoms in total. The molecule has 0 bridgehead atoms. The van der Waals surface area contributed by atoms with Crippen molar-refractivity contribution < 1.29 is 37.1 Å². The van der Waals surface area contributed by atoms with Gasteiger partial charge in [-0.3, -0.25) is 24.1 Å². The molecule has 3 rings (SSSR count). The Hall–Kier alpha value is -3.73. The van der Waals surface area contributed by atoms with Gasteiger partial charge in [0.15, 0.2) is 0 Å². The van der Waals surface area contributed by atoms with E-state index in [1.807, 2.05) is 0 Å². The van der Waals surface area contributed by atoms with Crippen molar-refractivity contribution in [2.45, 2.75) is 12.6 Å². The van der Waals surface area contributed by atoms with Crippen LogP contribution < -0.4 is 10.6 Å². The van der Waals surface area contributed by atoms with Gasteiger partial charge in [0, 0.05) is 25.8 Å². The Balaban J connectivity index is 1.78. The van der Waals surface area contributed by atoms with E-state index in [9.17, 15) is 32.3 Å². The molecule has 0 spiro atoms. The van der Waals surface area contributed by atoms with Crippen LogP contribution >= 0.6 is 0 Å². The lowest BCUT2D eigenvalue weighted by Crippen LogP contribution is -2.31. The van der Waals surface area contributed by atoms with Crippen molar-refractivity contribution in [3.05, 3.63) is 59.2 Å². The molecule has 1 aliphatic heterocycles. The second kappa shape index (κ2) is 9.18. The summed E-state index contributed by atoms with van der Waals surface area (Å²) in [6, 6.07) is 9.28. The second-order valence-corrected chi connectivity index (χ2v) is 6.82. The van der Waals surface area contributed by atoms with Crippen molar-refractivity contribution in [1.29, 1.82) is 0 Å². The number of para-hydroxylation sites is 2. The lowest BCUT2D eigenvalue weighted by atomic mass is 10.1. The van der Waals surface area contributed by atoms with Crippen LogP contribution in [0.2, 0.25) is 0 Å². The number of nitrogens with zero attached hydrogens (tertiary/aromatic N) is 1. The van der Waals surface area contributed by atoms with Gasteiger partial charge in [-0.1, -0.05) is 12.1 Å². The van der Waals surface area contributed by atoms with Crippen molar-refractivity contribution in [2.75, 3.05) is 30.9 Å². The third-order valence-corrected chi connectivity index (χ3v) is 4.64. The van der Waals surface area contributed by atoms with E-state index in [1.165, 1.54) is 49.6 Å². The number of hydrogen-bond donors (Lipinski definition) is 2. The summed E-state index contributed by atoms with van der Waals surface area (Å²) < 4.78 is 42.6. The van der Waals surface area contributed by atoms with Gasteiger partial charge >= 0.3 is 12.1 Å². The highest BCUT2D eigenvalue weighted by Crippen LogP contribution is 2.27. The Kier molecular flexibility index (Phi) is 6.58. The van der Waals surface area contributed by atoms with Crippen LogP contribution in [0.15, 0.2) is 42.5 Å². The number of amides is 4. The zero-order valence-corrected chi connectivity index (χ0v) is 16.8. The van der Waals surface area contributed by atoms with Crippen molar-refractivity contribution in [3.63, 3.8) is 0 Å². The zero-order valence-electron chi connectivity index (χ0n) is 16.8. The summed E-state index contributed by atoms with van der Waals surface area (Å²) in [5, 5.41) is 4.10. The first kappa shape index (κ1) is 22.9. The Morgan fingerprint density at radius 3 is 2.22 bits per heavy atom. The summed E-state index contributed by atoms with van der Waals surface area (Å²) >= 11 is 0. The molecule has 1 heterocycles. The molecule has 32 heavy (non-hydrogen) atoms. The summed E-state index contributed by atoms with van der Waals surface area (Å²) in [5.41, 5.74) is -0.0970. The minimum absolute atomic E-state index is 0.0144. The van der Waals surface area contributed by atoms with Crippen molar-refractivity contribution >= 4 is 35.0 Å². The zero-order chi connectivity index (χ0) is 23.5. The van der Waals surface area contributed by atoms with Crippen molar-refractivity contribution in [1.82, 2.24) is 4.90 Å². The highest BCUT2D eigenvalue weighted by atomic mass is 19.4. The maximum atomic E-state index is 12.7. The molecule has 2 aromatic rings. The number of imide groups is 1. The second-order valence-electron chi connectivity index (χ2n) is 6.82. The highest BCUT2D eigenvalue weighted by Gasteiger charge is 2.39. The van der Waals surface area contributed by atoms with Gasteiger partial charge in [-0.2, -0.15) is 13.2 Å². The van der Waals surface area contributed by atoms with E-state index in [-0.39, 0.29) is 34.6 Å². The predicted molar refractivity (Wildman–Crippen MR) is 107 cm³/mol. The number of carbonyl (C=O) groups is 4. The van der Waals surface area contributed by atoms with Gasteiger partial charge < -0.3 is 15.4 Å². The number of nitrogens with one attached hydrogen (secondary N) is 2. The normalized spacial score (nSPS) is 13.2. The van der Waals surface area contributed by atoms with Crippen LogP contribution in [0.4, 0.5) is 24.5 Å². The average molecular weight is 449 g/mol. The van der Waals surface area contributed by atoms with Gasteiger partial charge in [0.05, 0.1) is 22.5 Å². The van der Waals surface area contributed by atoms with E-state index < -0.39 is 29.8 Å². The molecule has 1 aliphatic rings. The van der Waals surface area contributed by atoms with Gasteiger partial charge in [-0.25, -0.2) is 0 Å². The van der Waals surface area contributed by atoms with Gasteiger partial charge in [-0.05, 0) is 36.8 Å². The highest BCUT2D eigenvalue weighted by molar-refractivity contribution is 6.22. The molecule has 0 saturated heterocycles. The van der Waals surface area contributed by atoms with Gasteiger partial charge in [0.25, 0.3) is 17.7 Å². The number of benzene rings is 2. The summed E-state index contributed by atoms with van der Waals surface area (Å²) in [5.74, 6) is -3.95. The molecule has 0 radical (unpaired) electrons. The van der Waals surface area contributed by atoms with Crippen molar-refractivity contribution in [3.8, 4) is 0 Å². The van der Waals surface area contributed by atoms with Gasteiger partial charge in [-0.15, -0.1) is 0 Å². The molecule has 0 fully saturated rings. The maximum absolute atomic E-state index is 12.7. The quantitative estimate of drug-likeness (QED) is 0.499. The lowest BCUT2D eigenvalue weighted by molar-refractivity contribution is -0.167. The molecular formula is C21H18F3N3O5. The molecule has 0 aliphatic carbocycles. The van der Waals surface area contributed by atoms with E-state index in [2.05, 4.69) is 5.32 Å². The maximum Gasteiger partial charge on any atom is 0.471 e. The van der Waals surface area contributed by atoms with Crippen molar-refractivity contribution in [2.24, 2.45) is 0 Å². The minimum atomic E-state index is -5.10. The Morgan fingerprint density at radius 2 is 1.59 bits per heavy atom. The molecule has 0 saturated carbocycles. The molecule has 0 atom stereocenters. The Bertz CT molecular complexity index is 1080. The molecule has 0 aromatic heterocycles. The molecule has 4 amide bonds. The van der Waals surface area contributed by atoms with E-state index in [1.54, 1.807) is 5.32 Å². The number of methoxy groups -OCH3 is 1. The fourth-order valence-electron chi connectivity index (χ4n) is 3.09. The predicted octanol–water partition coefficient (Wildman–Crippen LogP) is 3.07. The number of ether oxygens (including phenoxy) is 1. The summed E-state index contributed by atoms with van der Waals surface area (Å²) in [4.78, 5) is 50.0. The third kappa shape index (κ3) is 4.78. The van der Waals surface area contributed by atoms with Crippen LogP contribution in [0.5, 0.6) is 0 Å². The number of alkyl halides is 3. The van der Waals surface area contributed by atoms with Gasteiger partial charge in [0.2, 0.25) is 0 Å². The molecule has 0 unspecified atom stereocenters. The van der Waals surface area contributed by atoms with E-state index >= 15 is 0 Å². The van der Waals surface area contributed by atoms with Crippen LogP contribution in [0.3, 0.4) is 0 Å². The SMILES string of the molecule is COCCCN1C(=O)c2ccc(C(=O)Nc3ccccc3NC(=O)C(F)(F)F)cc2C1=O. The molecular weight excluding hydrogens is 431 g/mol. The fraction of sp³-hybridized carbons (Fsp3) is 0.238. The minimum Gasteiger partial charge on any atom is -0.385 e. The summed E-state index contributed by atoms with van der Waals surface area (Å²) in [6.45, 7) is 0.527. The molecule has 168 valence electrons. The first-order valence-corrected chi connectivity index (χ1v) is 9.41. The van der Waals surface area contributed by atoms with E-state index in [0.717, 1.165) is 4.90 Å². The third-order valence-electron chi connectivity index (χ3n) is 4.64. The Morgan fingerprint density at radius 1 is 0.969 bits per heavy atom. The number of anilines is 2. The van der Waals surface area contributed by atoms with Crippen LogP contribution in [-0.4, -0.2) is 55.0 Å². The largest absolute Gasteiger partial charge is 0.471 e. The summed E-state index contributed by atoms with van der Waals surface area (Å²) in [7, 11) is 1.50. The summed E-state index contributed by atoms with van der Waals surface area (Å²) in [6.07, 6.45) is -4.64. The first-order chi connectivity index (χ1) is 15.1. The standard InChI is InChI=1S/C21H18F3N3O5/c1-32-10-4-9-27-18(29)13-8-7-12(11-14(13)19(27)30)17(28)25-15-5-2-3-6-16(15)26-20(31)21(22,23)24/h2-3,5-8,11H,4,9-10H2,1H3,(H,25,28)(H,26,31). The number of fused-ring (bicyclic) bond motifs is 1. The van der Waals surface area contributed by atoms with Crippen LogP contribution in [0.1, 0.15) is 37.5 Å². The molecule has 2 aromatic carbocycles. The van der Waals surface area contributed by atoms with Crippen LogP contribution in [0, 0.1) is 0 Å². The lowest BCUT2D eigenvalue weighted by Gasteiger charge is -2.13. The van der Waals surface area contributed by atoms with E-state index in [0.29, 0.717) is 13.0 Å². The molecule has 2 N–H and O–H groups in total. The fourth-order valence-corrected chi connectivity index (χ4v) is 3.09. The smallest absolute Gasteiger partial charge is 0.385 e.